The van der Waals surface area contributed by atoms with Crippen LogP contribution in [-0.2, 0) is 9.31 Å². The topological polar surface area (TPSA) is 47.7 Å². The molecule has 130 valence electrons. The summed E-state index contributed by atoms with van der Waals surface area (Å²) in [7, 11) is 2.26. The van der Waals surface area contributed by atoms with Crippen molar-refractivity contribution < 1.29 is 9.31 Å². The first kappa shape index (κ1) is 18.3. The maximum absolute atomic E-state index is 6.28. The maximum atomic E-state index is 6.28. The first-order valence-corrected chi connectivity index (χ1v) is 9.06. The van der Waals surface area contributed by atoms with E-state index in [2.05, 4.69) is 41.7 Å². The lowest BCUT2D eigenvalue weighted by Crippen LogP contribution is -2.36. The lowest BCUT2D eigenvalue weighted by atomic mass is 9.56. The number of hydrogen-bond donors (Lipinski definition) is 1. The molecule has 0 saturated carbocycles. The van der Waals surface area contributed by atoms with Crippen molar-refractivity contribution >= 4 is 48.1 Å². The van der Waals surface area contributed by atoms with E-state index < -0.39 is 0 Å². The summed E-state index contributed by atoms with van der Waals surface area (Å²) in [5.74, 6) is 0.880. The molecule has 3 rings (SSSR count). The zero-order chi connectivity index (χ0) is 17.8. The van der Waals surface area contributed by atoms with E-state index in [1.165, 1.54) is 22.0 Å². The van der Waals surface area contributed by atoms with E-state index in [0.717, 1.165) is 12.0 Å². The minimum absolute atomic E-state index is 0.114. The highest BCUT2D eigenvalue weighted by Crippen LogP contribution is 2.40. The first-order chi connectivity index (χ1) is 12.2. The molecule has 0 saturated heterocycles. The van der Waals surface area contributed by atoms with Gasteiger partial charge in [-0.2, -0.15) is 0 Å². The van der Waals surface area contributed by atoms with Crippen molar-refractivity contribution in [2.45, 2.75) is 12.2 Å². The molecular formula is C18H23B2ClN2O2. The highest BCUT2D eigenvalue weighted by atomic mass is 35.5. The fourth-order valence-corrected chi connectivity index (χ4v) is 4.03. The van der Waals surface area contributed by atoms with E-state index in [4.69, 9.17) is 26.6 Å². The predicted octanol–water partition coefficient (Wildman–Crippen LogP) is 2.21. The molecule has 0 spiro atoms. The number of fused-ring (bicyclic) bond motifs is 3. The van der Waals surface area contributed by atoms with Crippen LogP contribution in [0, 0.1) is 0 Å². The van der Waals surface area contributed by atoms with Gasteiger partial charge >= 0.3 is 14.5 Å². The largest absolute Gasteiger partial charge is 0.422 e. The Morgan fingerprint density at radius 3 is 2.84 bits per heavy atom. The molecule has 2 N–H and O–H groups in total. The Morgan fingerprint density at radius 2 is 2.20 bits per heavy atom. The molecule has 0 bridgehead atoms. The van der Waals surface area contributed by atoms with E-state index in [-0.39, 0.29) is 13.6 Å². The van der Waals surface area contributed by atoms with Crippen LogP contribution >= 0.6 is 11.6 Å². The molecule has 0 radical (unpaired) electrons. The summed E-state index contributed by atoms with van der Waals surface area (Å²) in [4.78, 5) is 2.24. The van der Waals surface area contributed by atoms with Crippen molar-refractivity contribution in [2.75, 3.05) is 31.1 Å². The zero-order valence-corrected chi connectivity index (χ0v) is 15.3. The average Bonchev–Trinajstić information content (AvgIpc) is 2.99. The van der Waals surface area contributed by atoms with E-state index in [9.17, 15) is 0 Å². The van der Waals surface area contributed by atoms with Crippen LogP contribution in [0.25, 0.3) is 10.8 Å². The quantitative estimate of drug-likeness (QED) is 0.341. The highest BCUT2D eigenvalue weighted by molar-refractivity contribution is 6.70. The minimum Gasteiger partial charge on any atom is -0.422 e. The number of anilines is 1. The lowest BCUT2D eigenvalue weighted by Gasteiger charge is -2.21. The molecule has 2 aromatic carbocycles. The summed E-state index contributed by atoms with van der Waals surface area (Å²) in [5.41, 5.74) is 9.28. The summed E-state index contributed by atoms with van der Waals surface area (Å²) in [5, 5.41) is 2.42. The van der Waals surface area contributed by atoms with Gasteiger partial charge in [-0.25, -0.2) is 0 Å². The molecule has 1 unspecified atom stereocenters. The number of benzene rings is 2. The van der Waals surface area contributed by atoms with Gasteiger partial charge < -0.3 is 19.9 Å². The van der Waals surface area contributed by atoms with Crippen molar-refractivity contribution in [1.82, 2.24) is 0 Å². The standard InChI is InChI=1S/C18H23B2ClN2O2/c1-3-8-20(25-12-22)16-9-17-18(15-7-5-4-6-14(15)16)13(10-21)11-23(17)19-24-2/h3-7,9,13,19H,1,8,10-12,22H2,2H3. The average molecular weight is 356 g/mol. The van der Waals surface area contributed by atoms with Crippen LogP contribution in [0.15, 0.2) is 43.0 Å². The molecule has 1 aliphatic rings. The SMILES string of the molecule is C=CCB(OCN)c1cc2c(c3ccccc13)C(CCl)CN2BOC. The van der Waals surface area contributed by atoms with Crippen LogP contribution in [0.2, 0.25) is 6.32 Å². The van der Waals surface area contributed by atoms with Crippen molar-refractivity contribution in [2.24, 2.45) is 5.73 Å². The van der Waals surface area contributed by atoms with E-state index >= 15 is 0 Å². The number of hydrogen-bond acceptors (Lipinski definition) is 4. The molecule has 0 amide bonds. The minimum atomic E-state index is -0.114. The van der Waals surface area contributed by atoms with Gasteiger partial charge in [-0.3, -0.25) is 0 Å². The Balaban J connectivity index is 2.22. The van der Waals surface area contributed by atoms with Gasteiger partial charge in [0, 0.05) is 31.1 Å². The fraction of sp³-hybridized carbons (Fsp3) is 0.333. The van der Waals surface area contributed by atoms with Crippen LogP contribution < -0.4 is 16.0 Å². The third-order valence-electron chi connectivity index (χ3n) is 4.78. The van der Waals surface area contributed by atoms with Crippen LogP contribution in [-0.4, -0.2) is 40.8 Å². The lowest BCUT2D eigenvalue weighted by molar-refractivity contribution is 0.341. The Morgan fingerprint density at radius 1 is 1.44 bits per heavy atom. The van der Waals surface area contributed by atoms with Crippen LogP contribution in [0.4, 0.5) is 5.69 Å². The molecular weight excluding hydrogens is 333 g/mol. The molecule has 25 heavy (non-hydrogen) atoms. The molecule has 0 aliphatic carbocycles. The Labute approximate surface area is 155 Å². The predicted molar refractivity (Wildman–Crippen MR) is 109 cm³/mol. The maximum Gasteiger partial charge on any atom is 0.396 e. The fourth-order valence-electron chi connectivity index (χ4n) is 3.78. The van der Waals surface area contributed by atoms with Crippen LogP contribution in [0.3, 0.4) is 0 Å². The van der Waals surface area contributed by atoms with Gasteiger partial charge in [-0.05, 0) is 34.2 Å². The van der Waals surface area contributed by atoms with Gasteiger partial charge in [0.1, 0.15) is 0 Å². The van der Waals surface area contributed by atoms with Gasteiger partial charge in [-0.15, -0.1) is 18.2 Å². The number of allylic oxidation sites excluding steroid dienone is 1. The highest BCUT2D eigenvalue weighted by Gasteiger charge is 2.33. The molecule has 2 aromatic rings. The number of nitrogens with two attached hydrogens (primary N) is 1. The summed E-state index contributed by atoms with van der Waals surface area (Å²) in [6.45, 7) is 4.79. The smallest absolute Gasteiger partial charge is 0.396 e. The molecule has 1 atom stereocenters. The number of alkyl halides is 1. The second-order valence-electron chi connectivity index (χ2n) is 6.28. The first-order valence-electron chi connectivity index (χ1n) is 8.53. The summed E-state index contributed by atoms with van der Waals surface area (Å²) >= 11 is 6.28. The third kappa shape index (κ3) is 3.44. The third-order valence-corrected chi connectivity index (χ3v) is 5.15. The van der Waals surface area contributed by atoms with Crippen molar-refractivity contribution in [3.8, 4) is 0 Å². The van der Waals surface area contributed by atoms with Crippen LogP contribution in [0.5, 0.6) is 0 Å². The van der Waals surface area contributed by atoms with E-state index in [1.54, 1.807) is 7.11 Å². The van der Waals surface area contributed by atoms with E-state index in [0.29, 0.717) is 25.7 Å². The second kappa shape index (κ2) is 8.28. The Kier molecular flexibility index (Phi) is 6.07. The van der Waals surface area contributed by atoms with Gasteiger partial charge in [0.2, 0.25) is 0 Å². The van der Waals surface area contributed by atoms with Crippen molar-refractivity contribution in [3.63, 3.8) is 0 Å². The summed E-state index contributed by atoms with van der Waals surface area (Å²) < 4.78 is 11.2. The van der Waals surface area contributed by atoms with Gasteiger partial charge in [-0.1, -0.05) is 30.3 Å². The molecule has 1 heterocycles. The Bertz CT molecular complexity index is 759. The summed E-state index contributed by atoms with van der Waals surface area (Å²) in [6.07, 6.45) is 2.58. The zero-order valence-electron chi connectivity index (χ0n) is 14.6. The monoisotopic (exact) mass is 356 g/mol. The normalized spacial score (nSPS) is 16.1. The molecule has 1 aliphatic heterocycles. The van der Waals surface area contributed by atoms with Gasteiger partial charge in [0.25, 0.3) is 0 Å². The molecule has 7 heteroatoms. The molecule has 0 aromatic heterocycles. The number of halogens is 1. The van der Waals surface area contributed by atoms with Crippen molar-refractivity contribution in [1.29, 1.82) is 0 Å². The second-order valence-corrected chi connectivity index (χ2v) is 6.59. The summed E-state index contributed by atoms with van der Waals surface area (Å²) in [6, 6.07) is 10.7. The molecule has 0 fully saturated rings. The van der Waals surface area contributed by atoms with Gasteiger partial charge in [0.05, 0.1) is 6.73 Å². The van der Waals surface area contributed by atoms with Crippen LogP contribution in [0.1, 0.15) is 11.5 Å². The van der Waals surface area contributed by atoms with E-state index in [1.807, 2.05) is 6.08 Å². The van der Waals surface area contributed by atoms with Crippen molar-refractivity contribution in [3.05, 3.63) is 48.6 Å². The molecule has 4 nitrogen and oxygen atoms in total. The Hall–Kier alpha value is -1.46. The van der Waals surface area contributed by atoms with Gasteiger partial charge in [0.15, 0.2) is 0 Å². The number of nitrogens with zero attached hydrogens (tertiary/aromatic N) is 1. The number of rotatable bonds is 8.